The van der Waals surface area contributed by atoms with Crippen LogP contribution < -0.4 is 4.74 Å². The summed E-state index contributed by atoms with van der Waals surface area (Å²) in [5.41, 5.74) is -1.24. The molecule has 0 fully saturated rings. The van der Waals surface area contributed by atoms with Gasteiger partial charge in [-0.15, -0.1) is 0 Å². The third kappa shape index (κ3) is 3.44. The van der Waals surface area contributed by atoms with E-state index in [0.717, 1.165) is 24.3 Å². The van der Waals surface area contributed by atoms with Gasteiger partial charge >= 0.3 is 6.18 Å². The molecule has 0 bridgehead atoms. The van der Waals surface area contributed by atoms with Crippen LogP contribution in [-0.4, -0.2) is 0 Å². The smallest absolute Gasteiger partial charge is 0.416 e. The van der Waals surface area contributed by atoms with Crippen molar-refractivity contribution in [2.75, 3.05) is 0 Å². The van der Waals surface area contributed by atoms with E-state index in [1.165, 1.54) is 6.07 Å². The van der Waals surface area contributed by atoms with Crippen molar-refractivity contribution < 1.29 is 22.3 Å². The fraction of sp³-hybridized carbons (Fsp3) is 0.0714. The fourth-order valence-corrected chi connectivity index (χ4v) is 1.72. The van der Waals surface area contributed by atoms with Crippen LogP contribution in [0.3, 0.4) is 0 Å². The lowest BCUT2D eigenvalue weighted by Crippen LogP contribution is -2.05. The summed E-state index contributed by atoms with van der Waals surface area (Å²) in [6.07, 6.45) is -4.55. The van der Waals surface area contributed by atoms with E-state index in [2.05, 4.69) is 0 Å². The van der Waals surface area contributed by atoms with Gasteiger partial charge in [-0.25, -0.2) is 4.39 Å². The van der Waals surface area contributed by atoms with Crippen LogP contribution in [0.25, 0.3) is 0 Å². The average molecular weight is 316 g/mol. The third-order valence-electron chi connectivity index (χ3n) is 2.55. The highest BCUT2D eigenvalue weighted by Crippen LogP contribution is 2.34. The zero-order chi connectivity index (χ0) is 15.6. The molecule has 2 aromatic rings. The lowest BCUT2D eigenvalue weighted by atomic mass is 10.1. The summed E-state index contributed by atoms with van der Waals surface area (Å²) >= 11 is 5.57. The number of nitriles is 1. The minimum absolute atomic E-state index is 0.0758. The van der Waals surface area contributed by atoms with Crippen molar-refractivity contribution in [1.29, 1.82) is 5.26 Å². The lowest BCUT2D eigenvalue weighted by Gasteiger charge is -2.11. The Morgan fingerprint density at radius 2 is 1.81 bits per heavy atom. The molecule has 21 heavy (non-hydrogen) atoms. The zero-order valence-electron chi connectivity index (χ0n) is 10.2. The average Bonchev–Trinajstić information content (AvgIpc) is 2.42. The first kappa shape index (κ1) is 15.1. The Kier molecular flexibility index (Phi) is 4.05. The van der Waals surface area contributed by atoms with E-state index >= 15 is 0 Å². The minimum Gasteiger partial charge on any atom is -0.456 e. The highest BCUT2D eigenvalue weighted by atomic mass is 35.5. The number of halogens is 5. The van der Waals surface area contributed by atoms with E-state index in [-0.39, 0.29) is 22.1 Å². The largest absolute Gasteiger partial charge is 0.456 e. The summed E-state index contributed by atoms with van der Waals surface area (Å²) in [5.74, 6) is -0.622. The Balaban J connectivity index is 2.36. The van der Waals surface area contributed by atoms with Gasteiger partial charge in [0.25, 0.3) is 0 Å². The van der Waals surface area contributed by atoms with Crippen LogP contribution in [0.1, 0.15) is 11.1 Å². The molecule has 0 saturated carbocycles. The topological polar surface area (TPSA) is 33.0 Å². The van der Waals surface area contributed by atoms with Gasteiger partial charge < -0.3 is 4.74 Å². The molecule has 108 valence electrons. The van der Waals surface area contributed by atoms with Crippen LogP contribution in [0.5, 0.6) is 11.5 Å². The molecule has 0 spiro atoms. The van der Waals surface area contributed by atoms with E-state index < -0.39 is 17.6 Å². The molecule has 0 aliphatic heterocycles. The number of hydrogen-bond acceptors (Lipinski definition) is 2. The fourth-order valence-electron chi connectivity index (χ4n) is 1.55. The first-order valence-corrected chi connectivity index (χ1v) is 5.93. The molecule has 2 aromatic carbocycles. The number of alkyl halides is 3. The van der Waals surface area contributed by atoms with Crippen LogP contribution in [-0.2, 0) is 6.18 Å². The molecule has 0 heterocycles. The molecule has 2 rings (SSSR count). The zero-order valence-corrected chi connectivity index (χ0v) is 11.0. The second-order valence-corrected chi connectivity index (χ2v) is 4.41. The van der Waals surface area contributed by atoms with Crippen molar-refractivity contribution in [3.8, 4) is 17.6 Å². The van der Waals surface area contributed by atoms with E-state index in [4.69, 9.17) is 21.6 Å². The molecule has 0 N–H and O–H groups in total. The molecule has 0 aliphatic rings. The van der Waals surface area contributed by atoms with Gasteiger partial charge in [0.05, 0.1) is 16.1 Å². The van der Waals surface area contributed by atoms with Crippen LogP contribution in [0.2, 0.25) is 5.02 Å². The van der Waals surface area contributed by atoms with Crippen molar-refractivity contribution in [2.24, 2.45) is 0 Å². The van der Waals surface area contributed by atoms with E-state index in [1.54, 1.807) is 6.07 Å². The third-order valence-corrected chi connectivity index (χ3v) is 2.84. The van der Waals surface area contributed by atoms with Crippen LogP contribution in [0.15, 0.2) is 36.4 Å². The number of benzene rings is 2. The van der Waals surface area contributed by atoms with Crippen molar-refractivity contribution in [3.63, 3.8) is 0 Å². The van der Waals surface area contributed by atoms with Gasteiger partial charge in [0.2, 0.25) is 0 Å². The molecule has 0 aliphatic carbocycles. The maximum Gasteiger partial charge on any atom is 0.416 e. The Hall–Kier alpha value is -2.26. The van der Waals surface area contributed by atoms with Gasteiger partial charge in [-0.05, 0) is 30.3 Å². The monoisotopic (exact) mass is 315 g/mol. The molecule has 7 heteroatoms. The molecule has 0 atom stereocenters. The Morgan fingerprint density at radius 1 is 1.10 bits per heavy atom. The van der Waals surface area contributed by atoms with Crippen LogP contribution in [0.4, 0.5) is 17.6 Å². The molecular formula is C14H6ClF4NO. The quantitative estimate of drug-likeness (QED) is 0.717. The maximum atomic E-state index is 13.0. The molecule has 0 unspecified atom stereocenters. The predicted octanol–water partition coefficient (Wildman–Crippen LogP) is 5.16. The van der Waals surface area contributed by atoms with Crippen molar-refractivity contribution in [3.05, 3.63) is 58.4 Å². The van der Waals surface area contributed by atoms with E-state index in [1.807, 2.05) is 0 Å². The van der Waals surface area contributed by atoms with E-state index in [0.29, 0.717) is 6.07 Å². The Labute approximate surface area is 122 Å². The molecule has 2 nitrogen and oxygen atoms in total. The molecular weight excluding hydrogens is 310 g/mol. The van der Waals surface area contributed by atoms with Crippen molar-refractivity contribution in [1.82, 2.24) is 0 Å². The standard InChI is InChI=1S/C14H6ClF4NO/c15-11-6-10(2-3-12(11)16)21-13-4-1-9(14(17,18)19)5-8(13)7-20/h1-6H. The molecule has 0 aromatic heterocycles. The van der Waals surface area contributed by atoms with Crippen LogP contribution in [0, 0.1) is 17.1 Å². The summed E-state index contributed by atoms with van der Waals surface area (Å²) in [6, 6.07) is 7.58. The molecule has 0 amide bonds. The highest BCUT2D eigenvalue weighted by Gasteiger charge is 2.31. The summed E-state index contributed by atoms with van der Waals surface area (Å²) in [5, 5.41) is 8.71. The van der Waals surface area contributed by atoms with Gasteiger partial charge in [0, 0.05) is 6.07 Å². The highest BCUT2D eigenvalue weighted by molar-refractivity contribution is 6.30. The second kappa shape index (κ2) is 5.62. The van der Waals surface area contributed by atoms with E-state index in [9.17, 15) is 17.6 Å². The molecule has 0 saturated heterocycles. The Bertz CT molecular complexity index is 722. The first-order valence-electron chi connectivity index (χ1n) is 5.55. The second-order valence-electron chi connectivity index (χ2n) is 4.00. The summed E-state index contributed by atoms with van der Waals surface area (Å²) in [7, 11) is 0. The van der Waals surface area contributed by atoms with Gasteiger partial charge in [0.15, 0.2) is 0 Å². The number of hydrogen-bond donors (Lipinski definition) is 0. The number of ether oxygens (including phenoxy) is 1. The van der Waals surface area contributed by atoms with Gasteiger partial charge in [0.1, 0.15) is 23.4 Å². The van der Waals surface area contributed by atoms with Gasteiger partial charge in [-0.1, -0.05) is 11.6 Å². The summed E-state index contributed by atoms with van der Waals surface area (Å²) in [4.78, 5) is 0. The normalized spacial score (nSPS) is 11.0. The predicted molar refractivity (Wildman–Crippen MR) is 67.6 cm³/mol. The van der Waals surface area contributed by atoms with Crippen molar-refractivity contribution >= 4 is 11.6 Å². The lowest BCUT2D eigenvalue weighted by molar-refractivity contribution is -0.137. The summed E-state index contributed by atoms with van der Waals surface area (Å²) < 4.78 is 55.9. The number of nitrogens with zero attached hydrogens (tertiary/aromatic N) is 1. The minimum atomic E-state index is -4.55. The maximum absolute atomic E-state index is 13.0. The number of rotatable bonds is 2. The van der Waals surface area contributed by atoms with Gasteiger partial charge in [-0.3, -0.25) is 0 Å². The Morgan fingerprint density at radius 3 is 2.38 bits per heavy atom. The molecule has 0 radical (unpaired) electrons. The SMILES string of the molecule is N#Cc1cc(C(F)(F)F)ccc1Oc1ccc(F)c(Cl)c1. The van der Waals surface area contributed by atoms with Crippen LogP contribution >= 0.6 is 11.6 Å². The first-order chi connectivity index (χ1) is 9.81. The van der Waals surface area contributed by atoms with Crippen molar-refractivity contribution in [2.45, 2.75) is 6.18 Å². The summed E-state index contributed by atoms with van der Waals surface area (Å²) in [6.45, 7) is 0. The van der Waals surface area contributed by atoms with Gasteiger partial charge in [-0.2, -0.15) is 18.4 Å².